The van der Waals surface area contributed by atoms with Crippen molar-refractivity contribution in [3.05, 3.63) is 21.9 Å². The predicted octanol–water partition coefficient (Wildman–Crippen LogP) is 2.39. The molecule has 17 heavy (non-hydrogen) atoms. The van der Waals surface area contributed by atoms with Crippen LogP contribution in [0.1, 0.15) is 30.5 Å². The van der Waals surface area contributed by atoms with Crippen LogP contribution in [0.25, 0.3) is 0 Å². The molecule has 0 aliphatic rings. The minimum atomic E-state index is -0.450. The number of nitrogens with two attached hydrogens (primary N) is 1. The van der Waals surface area contributed by atoms with Gasteiger partial charge in [0.2, 0.25) is 5.91 Å². The van der Waals surface area contributed by atoms with Crippen molar-refractivity contribution >= 4 is 17.2 Å². The smallest absolute Gasteiger partial charge is 0.240 e. The average Bonchev–Trinajstić information content (AvgIpc) is 2.60. The number of hydrogen-bond acceptors (Lipinski definition) is 3. The number of carbonyl (C=O) groups excluding carboxylic acids is 1. The molecule has 0 radical (unpaired) electrons. The van der Waals surface area contributed by atoms with E-state index < -0.39 is 6.04 Å². The van der Waals surface area contributed by atoms with Gasteiger partial charge in [0.1, 0.15) is 0 Å². The van der Waals surface area contributed by atoms with E-state index in [-0.39, 0.29) is 11.3 Å². The molecule has 1 aromatic rings. The van der Waals surface area contributed by atoms with E-state index in [9.17, 15) is 4.79 Å². The van der Waals surface area contributed by atoms with Gasteiger partial charge in [0.15, 0.2) is 0 Å². The lowest BCUT2D eigenvalue weighted by Crippen LogP contribution is -2.48. The lowest BCUT2D eigenvalue weighted by molar-refractivity contribution is -0.134. The summed E-state index contributed by atoms with van der Waals surface area (Å²) in [5.74, 6) is 0.00329. The molecule has 0 bridgehead atoms. The summed E-state index contributed by atoms with van der Waals surface area (Å²) in [6.07, 6.45) is 0. The van der Waals surface area contributed by atoms with Crippen LogP contribution >= 0.6 is 11.3 Å². The fraction of sp³-hybridized carbons (Fsp3) is 0.615. The van der Waals surface area contributed by atoms with E-state index >= 15 is 0 Å². The van der Waals surface area contributed by atoms with Crippen LogP contribution < -0.4 is 5.73 Å². The summed E-state index contributed by atoms with van der Waals surface area (Å²) in [6, 6.07) is 3.68. The maximum Gasteiger partial charge on any atom is 0.240 e. The van der Waals surface area contributed by atoms with Gasteiger partial charge in [-0.05, 0) is 24.5 Å². The van der Waals surface area contributed by atoms with Crippen LogP contribution in [0.4, 0.5) is 0 Å². The molecular formula is C13H22N2OS. The number of rotatable bonds is 3. The van der Waals surface area contributed by atoms with Crippen molar-refractivity contribution in [1.82, 2.24) is 4.90 Å². The predicted molar refractivity (Wildman–Crippen MR) is 73.0 cm³/mol. The van der Waals surface area contributed by atoms with Gasteiger partial charge in [-0.3, -0.25) is 4.79 Å². The molecule has 0 fully saturated rings. The van der Waals surface area contributed by atoms with Gasteiger partial charge in [0.05, 0.1) is 12.6 Å². The van der Waals surface area contributed by atoms with E-state index in [0.717, 1.165) is 0 Å². The summed E-state index contributed by atoms with van der Waals surface area (Å²) >= 11 is 1.72. The Morgan fingerprint density at radius 3 is 2.47 bits per heavy atom. The van der Waals surface area contributed by atoms with E-state index in [0.29, 0.717) is 6.54 Å². The Morgan fingerprint density at radius 2 is 2.06 bits per heavy atom. The van der Waals surface area contributed by atoms with E-state index in [1.807, 2.05) is 27.8 Å². The third kappa shape index (κ3) is 3.82. The first-order valence-electron chi connectivity index (χ1n) is 5.77. The van der Waals surface area contributed by atoms with Crippen LogP contribution in [0, 0.1) is 12.3 Å². The fourth-order valence-electron chi connectivity index (χ4n) is 1.49. The second-order valence-corrected chi connectivity index (χ2v) is 6.92. The van der Waals surface area contributed by atoms with Gasteiger partial charge in [-0.1, -0.05) is 20.8 Å². The molecule has 1 aromatic heterocycles. The third-order valence-corrected chi connectivity index (χ3v) is 3.75. The van der Waals surface area contributed by atoms with Crippen molar-refractivity contribution in [3.63, 3.8) is 0 Å². The summed E-state index contributed by atoms with van der Waals surface area (Å²) in [5.41, 5.74) is 5.77. The summed E-state index contributed by atoms with van der Waals surface area (Å²) in [7, 11) is 1.81. The van der Waals surface area contributed by atoms with Gasteiger partial charge < -0.3 is 10.6 Å². The molecule has 3 nitrogen and oxygen atoms in total. The van der Waals surface area contributed by atoms with Gasteiger partial charge in [0, 0.05) is 16.8 Å². The van der Waals surface area contributed by atoms with Crippen LogP contribution in [0.15, 0.2) is 12.1 Å². The topological polar surface area (TPSA) is 46.3 Å². The molecule has 1 heterocycles. The van der Waals surface area contributed by atoms with E-state index in [1.165, 1.54) is 9.75 Å². The third-order valence-electron chi connectivity index (χ3n) is 2.76. The van der Waals surface area contributed by atoms with Crippen molar-refractivity contribution in [2.45, 2.75) is 40.3 Å². The molecule has 0 saturated heterocycles. The van der Waals surface area contributed by atoms with Gasteiger partial charge in [-0.2, -0.15) is 0 Å². The molecule has 96 valence electrons. The van der Waals surface area contributed by atoms with E-state index in [2.05, 4.69) is 19.1 Å². The lowest BCUT2D eigenvalue weighted by Gasteiger charge is -2.29. The summed E-state index contributed by atoms with van der Waals surface area (Å²) in [4.78, 5) is 16.3. The lowest BCUT2D eigenvalue weighted by atomic mass is 9.86. The van der Waals surface area contributed by atoms with Crippen LogP contribution in [0.3, 0.4) is 0 Å². The van der Waals surface area contributed by atoms with Gasteiger partial charge in [-0.15, -0.1) is 11.3 Å². The molecular weight excluding hydrogens is 232 g/mol. The number of amides is 1. The van der Waals surface area contributed by atoms with Crippen molar-refractivity contribution in [3.8, 4) is 0 Å². The fourth-order valence-corrected chi connectivity index (χ4v) is 2.43. The molecule has 1 amide bonds. The zero-order valence-electron chi connectivity index (χ0n) is 11.3. The maximum absolute atomic E-state index is 12.1. The largest absolute Gasteiger partial charge is 0.339 e. The number of aryl methyl sites for hydroxylation is 1. The number of nitrogens with zero attached hydrogens (tertiary/aromatic N) is 1. The molecule has 0 aliphatic carbocycles. The quantitative estimate of drug-likeness (QED) is 0.900. The van der Waals surface area contributed by atoms with E-state index in [1.54, 1.807) is 16.2 Å². The molecule has 1 rings (SSSR count). The van der Waals surface area contributed by atoms with Crippen LogP contribution in [-0.2, 0) is 11.3 Å². The van der Waals surface area contributed by atoms with Crippen molar-refractivity contribution < 1.29 is 4.79 Å². The van der Waals surface area contributed by atoms with Gasteiger partial charge in [-0.25, -0.2) is 0 Å². The number of likely N-dealkylation sites (N-methyl/N-ethyl adjacent to an activating group) is 1. The normalized spacial score (nSPS) is 13.5. The van der Waals surface area contributed by atoms with Crippen LogP contribution in [0.5, 0.6) is 0 Å². The second kappa shape index (κ2) is 5.19. The molecule has 0 saturated carbocycles. The Hall–Kier alpha value is -0.870. The van der Waals surface area contributed by atoms with Gasteiger partial charge >= 0.3 is 0 Å². The molecule has 0 aliphatic heterocycles. The molecule has 0 spiro atoms. The first-order chi connectivity index (χ1) is 7.71. The number of hydrogen-bond donors (Lipinski definition) is 1. The second-order valence-electron chi connectivity index (χ2n) is 5.55. The Balaban J connectivity index is 2.65. The SMILES string of the molecule is Cc1ccc(CN(C)C(=O)[C@@H](N)C(C)(C)C)s1. The van der Waals surface area contributed by atoms with Gasteiger partial charge in [0.25, 0.3) is 0 Å². The van der Waals surface area contributed by atoms with Crippen molar-refractivity contribution in [2.75, 3.05) is 7.05 Å². The Labute approximate surface area is 108 Å². The van der Waals surface area contributed by atoms with Crippen molar-refractivity contribution in [1.29, 1.82) is 0 Å². The van der Waals surface area contributed by atoms with E-state index in [4.69, 9.17) is 5.73 Å². The molecule has 2 N–H and O–H groups in total. The highest BCUT2D eigenvalue weighted by atomic mass is 32.1. The highest BCUT2D eigenvalue weighted by Crippen LogP contribution is 2.21. The Kier molecular flexibility index (Phi) is 4.33. The minimum absolute atomic E-state index is 0.00329. The summed E-state index contributed by atoms with van der Waals surface area (Å²) in [6.45, 7) is 8.66. The Morgan fingerprint density at radius 1 is 1.47 bits per heavy atom. The number of carbonyl (C=O) groups is 1. The standard InChI is InChI=1S/C13H22N2OS/c1-9-6-7-10(17-9)8-15(5)12(16)11(14)13(2,3)4/h6-7,11H,8,14H2,1-5H3/t11-/m1/s1. The molecule has 0 unspecified atom stereocenters. The minimum Gasteiger partial charge on any atom is -0.339 e. The first kappa shape index (κ1) is 14.2. The molecule has 0 aromatic carbocycles. The zero-order valence-corrected chi connectivity index (χ0v) is 12.1. The number of thiophene rings is 1. The molecule has 4 heteroatoms. The first-order valence-corrected chi connectivity index (χ1v) is 6.59. The maximum atomic E-state index is 12.1. The molecule has 1 atom stereocenters. The van der Waals surface area contributed by atoms with Crippen LogP contribution in [0.2, 0.25) is 0 Å². The van der Waals surface area contributed by atoms with Crippen LogP contribution in [-0.4, -0.2) is 23.9 Å². The van der Waals surface area contributed by atoms with Crippen molar-refractivity contribution in [2.24, 2.45) is 11.1 Å². The zero-order chi connectivity index (χ0) is 13.2. The Bertz CT molecular complexity index is 392. The monoisotopic (exact) mass is 254 g/mol. The summed E-state index contributed by atoms with van der Waals surface area (Å²) in [5, 5.41) is 0. The average molecular weight is 254 g/mol. The summed E-state index contributed by atoms with van der Waals surface area (Å²) < 4.78 is 0. The highest BCUT2D eigenvalue weighted by molar-refractivity contribution is 7.11. The highest BCUT2D eigenvalue weighted by Gasteiger charge is 2.29.